The molecule has 0 saturated carbocycles. The van der Waals surface area contributed by atoms with Crippen LogP contribution >= 0.6 is 15.9 Å². The molecule has 13 heavy (non-hydrogen) atoms. The van der Waals surface area contributed by atoms with Crippen LogP contribution in [0.5, 0.6) is 11.5 Å². The highest BCUT2D eigenvalue weighted by atomic mass is 79.9. The van der Waals surface area contributed by atoms with Gasteiger partial charge in [0.05, 0.1) is 0 Å². The van der Waals surface area contributed by atoms with Crippen molar-refractivity contribution in [2.45, 2.75) is 0 Å². The Morgan fingerprint density at radius 2 is 1.77 bits per heavy atom. The van der Waals surface area contributed by atoms with Gasteiger partial charge in [-0.25, -0.2) is 0 Å². The molecule has 2 aromatic rings. The molecule has 0 aliphatic heterocycles. The highest BCUT2D eigenvalue weighted by Gasteiger charge is 2.02. The molecule has 2 rings (SSSR count). The third-order valence-electron chi connectivity index (χ3n) is 1.88. The quantitative estimate of drug-likeness (QED) is 0.741. The lowest BCUT2D eigenvalue weighted by Crippen LogP contribution is -1.74. The highest BCUT2D eigenvalue weighted by molar-refractivity contribution is 9.10. The Kier molecular flexibility index (Phi) is 1.88. The molecule has 0 aliphatic rings. The number of halogens is 1. The summed E-state index contributed by atoms with van der Waals surface area (Å²) >= 11 is 3.31. The summed E-state index contributed by atoms with van der Waals surface area (Å²) in [5.74, 6) is 0.170. The van der Waals surface area contributed by atoms with E-state index < -0.39 is 0 Å². The van der Waals surface area contributed by atoms with Crippen molar-refractivity contribution in [1.29, 1.82) is 0 Å². The lowest BCUT2D eigenvalue weighted by atomic mass is 10.1. The van der Waals surface area contributed by atoms with Crippen molar-refractivity contribution in [2.75, 3.05) is 0 Å². The van der Waals surface area contributed by atoms with E-state index in [1.807, 2.05) is 18.2 Å². The van der Waals surface area contributed by atoms with Crippen molar-refractivity contribution in [3.8, 4) is 11.5 Å². The molecule has 0 aromatic heterocycles. The number of hydrogen-bond donors (Lipinski definition) is 2. The minimum absolute atomic E-state index is 0.0762. The number of hydrogen-bond acceptors (Lipinski definition) is 2. The van der Waals surface area contributed by atoms with Gasteiger partial charge in [0.1, 0.15) is 11.5 Å². The number of fused-ring (bicyclic) bond motifs is 1. The first-order chi connectivity index (χ1) is 6.16. The summed E-state index contributed by atoms with van der Waals surface area (Å²) in [6, 6.07) is 8.44. The van der Waals surface area contributed by atoms with E-state index >= 15 is 0 Å². The van der Waals surface area contributed by atoms with Gasteiger partial charge in [0.15, 0.2) is 0 Å². The molecule has 0 fully saturated rings. The molecular formula is C10H7BrO2. The van der Waals surface area contributed by atoms with Crippen molar-refractivity contribution in [3.05, 3.63) is 34.8 Å². The molecule has 0 saturated heterocycles. The molecule has 0 bridgehead atoms. The van der Waals surface area contributed by atoms with Crippen LogP contribution in [0.4, 0.5) is 0 Å². The molecule has 0 atom stereocenters. The Morgan fingerprint density at radius 1 is 1.00 bits per heavy atom. The standard InChI is InChI=1S/C10H7BrO2/c11-7-2-1-6-3-8(12)5-10(13)9(6)4-7/h1-5,12-13H. The van der Waals surface area contributed by atoms with Gasteiger partial charge in [0.2, 0.25) is 0 Å². The van der Waals surface area contributed by atoms with Gasteiger partial charge in [-0.1, -0.05) is 22.0 Å². The number of phenolic OH excluding ortho intramolecular Hbond substituents is 2. The predicted octanol–water partition coefficient (Wildman–Crippen LogP) is 3.01. The van der Waals surface area contributed by atoms with Crippen LogP contribution < -0.4 is 0 Å². The topological polar surface area (TPSA) is 40.5 Å². The SMILES string of the molecule is Oc1cc(O)c2cc(Br)ccc2c1. The Morgan fingerprint density at radius 3 is 2.54 bits per heavy atom. The summed E-state index contributed by atoms with van der Waals surface area (Å²) in [5, 5.41) is 20.3. The van der Waals surface area contributed by atoms with E-state index in [1.54, 1.807) is 6.07 Å². The fourth-order valence-electron chi connectivity index (χ4n) is 1.30. The van der Waals surface area contributed by atoms with E-state index in [-0.39, 0.29) is 11.5 Å². The van der Waals surface area contributed by atoms with E-state index in [0.717, 1.165) is 15.2 Å². The molecule has 0 amide bonds. The monoisotopic (exact) mass is 238 g/mol. The third-order valence-corrected chi connectivity index (χ3v) is 2.37. The second-order valence-corrected chi connectivity index (χ2v) is 3.75. The van der Waals surface area contributed by atoms with Crippen molar-refractivity contribution in [1.82, 2.24) is 0 Å². The molecule has 0 unspecified atom stereocenters. The first kappa shape index (κ1) is 8.38. The zero-order valence-corrected chi connectivity index (χ0v) is 8.25. The van der Waals surface area contributed by atoms with Crippen LogP contribution in [0.3, 0.4) is 0 Å². The maximum atomic E-state index is 9.50. The van der Waals surface area contributed by atoms with Gasteiger partial charge in [0, 0.05) is 15.9 Å². The summed E-state index contributed by atoms with van der Waals surface area (Å²) in [6.45, 7) is 0. The van der Waals surface area contributed by atoms with Crippen LogP contribution in [-0.2, 0) is 0 Å². The van der Waals surface area contributed by atoms with Crippen LogP contribution in [0, 0.1) is 0 Å². The molecule has 0 heterocycles. The van der Waals surface area contributed by atoms with Crippen LogP contribution in [0.15, 0.2) is 34.8 Å². The summed E-state index contributed by atoms with van der Waals surface area (Å²) < 4.78 is 0.904. The van der Waals surface area contributed by atoms with Crippen molar-refractivity contribution < 1.29 is 10.2 Å². The molecule has 2 N–H and O–H groups in total. The average Bonchev–Trinajstić information content (AvgIpc) is 2.06. The van der Waals surface area contributed by atoms with Crippen LogP contribution in [0.1, 0.15) is 0 Å². The zero-order chi connectivity index (χ0) is 9.42. The number of rotatable bonds is 0. The zero-order valence-electron chi connectivity index (χ0n) is 6.66. The molecule has 2 aromatic carbocycles. The van der Waals surface area contributed by atoms with Gasteiger partial charge in [0.25, 0.3) is 0 Å². The van der Waals surface area contributed by atoms with Gasteiger partial charge in [-0.15, -0.1) is 0 Å². The van der Waals surface area contributed by atoms with Gasteiger partial charge in [-0.2, -0.15) is 0 Å². The molecular weight excluding hydrogens is 232 g/mol. The molecule has 0 spiro atoms. The molecule has 3 heteroatoms. The van der Waals surface area contributed by atoms with Crippen LogP contribution in [0.25, 0.3) is 10.8 Å². The summed E-state index contributed by atoms with van der Waals surface area (Å²) in [5.41, 5.74) is 0. The van der Waals surface area contributed by atoms with Crippen LogP contribution in [-0.4, -0.2) is 10.2 Å². The second-order valence-electron chi connectivity index (χ2n) is 2.83. The Bertz CT molecular complexity index is 466. The largest absolute Gasteiger partial charge is 0.508 e. The van der Waals surface area contributed by atoms with E-state index in [4.69, 9.17) is 0 Å². The summed E-state index contributed by atoms with van der Waals surface area (Å²) in [4.78, 5) is 0. The minimum atomic E-state index is 0.0762. The van der Waals surface area contributed by atoms with Crippen LogP contribution in [0.2, 0.25) is 0 Å². The van der Waals surface area contributed by atoms with E-state index in [1.165, 1.54) is 6.07 Å². The smallest absolute Gasteiger partial charge is 0.127 e. The first-order valence-electron chi connectivity index (χ1n) is 3.78. The molecule has 66 valence electrons. The highest BCUT2D eigenvalue weighted by Crippen LogP contribution is 2.31. The fraction of sp³-hybridized carbons (Fsp3) is 0. The van der Waals surface area contributed by atoms with Gasteiger partial charge >= 0.3 is 0 Å². The van der Waals surface area contributed by atoms with Crippen molar-refractivity contribution in [2.24, 2.45) is 0 Å². The molecule has 0 aliphatic carbocycles. The fourth-order valence-corrected chi connectivity index (χ4v) is 1.66. The number of phenols is 2. The first-order valence-corrected chi connectivity index (χ1v) is 4.57. The lowest BCUT2D eigenvalue weighted by molar-refractivity contribution is 0.455. The molecule has 2 nitrogen and oxygen atoms in total. The third kappa shape index (κ3) is 1.47. The maximum absolute atomic E-state index is 9.50. The van der Waals surface area contributed by atoms with E-state index in [9.17, 15) is 10.2 Å². The van der Waals surface area contributed by atoms with E-state index in [0.29, 0.717) is 0 Å². The molecule has 0 radical (unpaired) electrons. The normalized spacial score (nSPS) is 10.5. The summed E-state index contributed by atoms with van der Waals surface area (Å²) in [6.07, 6.45) is 0. The van der Waals surface area contributed by atoms with Gasteiger partial charge in [-0.3, -0.25) is 0 Å². The second kappa shape index (κ2) is 2.92. The summed E-state index contributed by atoms with van der Waals surface area (Å²) in [7, 11) is 0. The van der Waals surface area contributed by atoms with Gasteiger partial charge < -0.3 is 10.2 Å². The maximum Gasteiger partial charge on any atom is 0.127 e. The predicted molar refractivity (Wildman–Crippen MR) is 55.0 cm³/mol. The Hall–Kier alpha value is -1.22. The minimum Gasteiger partial charge on any atom is -0.508 e. The van der Waals surface area contributed by atoms with Crippen molar-refractivity contribution >= 4 is 26.7 Å². The van der Waals surface area contributed by atoms with Crippen molar-refractivity contribution in [3.63, 3.8) is 0 Å². The van der Waals surface area contributed by atoms with Gasteiger partial charge in [-0.05, 0) is 23.6 Å². The number of benzene rings is 2. The Balaban J connectivity index is 2.87. The van der Waals surface area contributed by atoms with E-state index in [2.05, 4.69) is 15.9 Å². The Labute approximate surface area is 83.6 Å². The number of aromatic hydroxyl groups is 2. The lowest BCUT2D eigenvalue weighted by Gasteiger charge is -2.02. The average molecular weight is 239 g/mol.